The van der Waals surface area contributed by atoms with Crippen LogP contribution >= 0.6 is 11.6 Å². The number of hydrogen-bond donors (Lipinski definition) is 1. The van der Waals surface area contributed by atoms with Crippen LogP contribution in [0, 0.1) is 0 Å². The van der Waals surface area contributed by atoms with Crippen molar-refractivity contribution >= 4 is 17.5 Å². The van der Waals surface area contributed by atoms with E-state index in [-0.39, 0.29) is 5.91 Å². The molecule has 16 heavy (non-hydrogen) atoms. The lowest BCUT2D eigenvalue weighted by Crippen LogP contribution is -2.28. The zero-order valence-electron chi connectivity index (χ0n) is 9.24. The summed E-state index contributed by atoms with van der Waals surface area (Å²) in [5, 5.41) is 9.19. The average Bonchev–Trinajstić information content (AvgIpc) is 2.28. The first-order chi connectivity index (χ1) is 7.58. The second-order valence-electron chi connectivity index (χ2n) is 3.38. The fourth-order valence-corrected chi connectivity index (χ4v) is 1.57. The summed E-state index contributed by atoms with van der Waals surface area (Å²) in [6, 6.07) is 5.31. The highest BCUT2D eigenvalue weighted by Gasteiger charge is 2.08. The molecule has 1 aromatic rings. The molecule has 0 aromatic heterocycles. The van der Waals surface area contributed by atoms with Gasteiger partial charge in [-0.3, -0.25) is 4.79 Å². The van der Waals surface area contributed by atoms with Crippen LogP contribution in [0.2, 0.25) is 5.02 Å². The maximum absolute atomic E-state index is 11.1. The van der Waals surface area contributed by atoms with Gasteiger partial charge in [0.1, 0.15) is 12.4 Å². The SMILES string of the molecule is COc1ccc(CN(C)C(=O)CO)cc1Cl. The minimum Gasteiger partial charge on any atom is -0.495 e. The van der Waals surface area contributed by atoms with Crippen LogP contribution in [-0.2, 0) is 11.3 Å². The van der Waals surface area contributed by atoms with Gasteiger partial charge in [0.15, 0.2) is 0 Å². The van der Waals surface area contributed by atoms with Gasteiger partial charge in [-0.2, -0.15) is 0 Å². The molecule has 0 heterocycles. The molecule has 0 atom stereocenters. The molecule has 88 valence electrons. The molecule has 1 aromatic carbocycles. The van der Waals surface area contributed by atoms with Gasteiger partial charge in [0, 0.05) is 13.6 Å². The number of aliphatic hydroxyl groups excluding tert-OH is 1. The molecule has 0 aliphatic heterocycles. The third-order valence-corrected chi connectivity index (χ3v) is 2.49. The number of carbonyl (C=O) groups excluding carboxylic acids is 1. The van der Waals surface area contributed by atoms with Gasteiger partial charge in [-0.1, -0.05) is 17.7 Å². The Morgan fingerprint density at radius 2 is 2.25 bits per heavy atom. The Hall–Kier alpha value is -1.26. The lowest BCUT2D eigenvalue weighted by atomic mass is 10.2. The molecular weight excluding hydrogens is 230 g/mol. The Kier molecular flexibility index (Phi) is 4.58. The van der Waals surface area contributed by atoms with Gasteiger partial charge in [-0.25, -0.2) is 0 Å². The van der Waals surface area contributed by atoms with Gasteiger partial charge in [-0.15, -0.1) is 0 Å². The van der Waals surface area contributed by atoms with E-state index in [9.17, 15) is 4.79 Å². The molecule has 1 amide bonds. The standard InChI is InChI=1S/C11H14ClNO3/c1-13(11(15)7-14)6-8-3-4-10(16-2)9(12)5-8/h3-5,14H,6-7H2,1-2H3. The number of benzene rings is 1. The van der Waals surface area contributed by atoms with E-state index < -0.39 is 6.61 Å². The monoisotopic (exact) mass is 243 g/mol. The minimum atomic E-state index is -0.486. The van der Waals surface area contributed by atoms with Crippen molar-refractivity contribution in [3.8, 4) is 5.75 Å². The molecule has 1 N–H and O–H groups in total. The van der Waals surface area contributed by atoms with Crippen LogP contribution in [0.3, 0.4) is 0 Å². The Labute approximate surface area is 99.4 Å². The molecule has 4 nitrogen and oxygen atoms in total. The molecule has 0 spiro atoms. The number of aliphatic hydroxyl groups is 1. The normalized spacial score (nSPS) is 10.0. The summed E-state index contributed by atoms with van der Waals surface area (Å²) >= 11 is 5.95. The van der Waals surface area contributed by atoms with E-state index in [4.69, 9.17) is 21.4 Å². The van der Waals surface area contributed by atoms with Gasteiger partial charge >= 0.3 is 0 Å². The first kappa shape index (κ1) is 12.8. The van der Waals surface area contributed by atoms with Gasteiger partial charge < -0.3 is 14.7 Å². The van der Waals surface area contributed by atoms with Crippen molar-refractivity contribution in [2.75, 3.05) is 20.8 Å². The van der Waals surface area contributed by atoms with E-state index in [1.54, 1.807) is 26.3 Å². The smallest absolute Gasteiger partial charge is 0.248 e. The minimum absolute atomic E-state index is 0.327. The van der Waals surface area contributed by atoms with Crippen molar-refractivity contribution in [3.63, 3.8) is 0 Å². The van der Waals surface area contributed by atoms with Crippen molar-refractivity contribution in [2.24, 2.45) is 0 Å². The van der Waals surface area contributed by atoms with Crippen molar-refractivity contribution < 1.29 is 14.6 Å². The lowest BCUT2D eigenvalue weighted by molar-refractivity contribution is -0.133. The van der Waals surface area contributed by atoms with Crippen LogP contribution in [0.25, 0.3) is 0 Å². The number of rotatable bonds is 4. The third kappa shape index (κ3) is 3.12. The van der Waals surface area contributed by atoms with Crippen molar-refractivity contribution in [3.05, 3.63) is 28.8 Å². The third-order valence-electron chi connectivity index (χ3n) is 2.20. The number of likely N-dealkylation sites (N-methyl/N-ethyl adjacent to an activating group) is 1. The highest BCUT2D eigenvalue weighted by molar-refractivity contribution is 6.32. The number of carbonyl (C=O) groups is 1. The first-order valence-corrected chi connectivity index (χ1v) is 5.13. The van der Waals surface area contributed by atoms with Crippen molar-refractivity contribution in [1.82, 2.24) is 4.90 Å². The van der Waals surface area contributed by atoms with Crippen LogP contribution in [0.15, 0.2) is 18.2 Å². The van der Waals surface area contributed by atoms with Crippen LogP contribution in [0.4, 0.5) is 0 Å². The fourth-order valence-electron chi connectivity index (χ4n) is 1.29. The Balaban J connectivity index is 2.75. The van der Waals surface area contributed by atoms with Crippen LogP contribution in [0.5, 0.6) is 5.75 Å². The topological polar surface area (TPSA) is 49.8 Å². The van der Waals surface area contributed by atoms with Gasteiger partial charge in [0.05, 0.1) is 12.1 Å². The van der Waals surface area contributed by atoms with Crippen LogP contribution < -0.4 is 4.74 Å². The Morgan fingerprint density at radius 3 is 2.75 bits per heavy atom. The molecular formula is C11H14ClNO3. The van der Waals surface area contributed by atoms with Crippen molar-refractivity contribution in [1.29, 1.82) is 0 Å². The Morgan fingerprint density at radius 1 is 1.56 bits per heavy atom. The number of methoxy groups -OCH3 is 1. The highest BCUT2D eigenvalue weighted by Crippen LogP contribution is 2.25. The van der Waals surface area contributed by atoms with Crippen molar-refractivity contribution in [2.45, 2.75) is 6.54 Å². The fraction of sp³-hybridized carbons (Fsp3) is 0.364. The van der Waals surface area contributed by atoms with Crippen LogP contribution in [0.1, 0.15) is 5.56 Å². The predicted octanol–water partition coefficient (Wildman–Crippen LogP) is 1.30. The summed E-state index contributed by atoms with van der Waals surface area (Å²) in [6.45, 7) is -0.0799. The lowest BCUT2D eigenvalue weighted by Gasteiger charge is -2.16. The van der Waals surface area contributed by atoms with E-state index >= 15 is 0 Å². The van der Waals surface area contributed by atoms with E-state index in [1.165, 1.54) is 4.90 Å². The maximum atomic E-state index is 11.1. The molecule has 0 aliphatic carbocycles. The molecule has 0 radical (unpaired) electrons. The van der Waals surface area contributed by atoms with Gasteiger partial charge in [0.2, 0.25) is 5.91 Å². The maximum Gasteiger partial charge on any atom is 0.248 e. The number of nitrogens with zero attached hydrogens (tertiary/aromatic N) is 1. The van der Waals surface area contributed by atoms with Gasteiger partial charge in [0.25, 0.3) is 0 Å². The quantitative estimate of drug-likeness (QED) is 0.867. The first-order valence-electron chi connectivity index (χ1n) is 4.75. The van der Waals surface area contributed by atoms with Crippen LogP contribution in [-0.4, -0.2) is 36.7 Å². The summed E-state index contributed by atoms with van der Waals surface area (Å²) in [4.78, 5) is 12.6. The largest absolute Gasteiger partial charge is 0.495 e. The average molecular weight is 244 g/mol. The second kappa shape index (κ2) is 5.72. The molecule has 0 aliphatic rings. The predicted molar refractivity (Wildman–Crippen MR) is 61.6 cm³/mol. The Bertz CT molecular complexity index is 381. The zero-order valence-corrected chi connectivity index (χ0v) is 9.99. The number of hydrogen-bond acceptors (Lipinski definition) is 3. The summed E-state index contributed by atoms with van der Waals surface area (Å²) < 4.78 is 5.02. The zero-order chi connectivity index (χ0) is 12.1. The summed E-state index contributed by atoms with van der Waals surface area (Å²) in [5.74, 6) is 0.272. The van der Waals surface area contributed by atoms with Gasteiger partial charge in [-0.05, 0) is 17.7 Å². The molecule has 0 fully saturated rings. The summed E-state index contributed by atoms with van der Waals surface area (Å²) in [5.41, 5.74) is 0.884. The number of amides is 1. The highest BCUT2D eigenvalue weighted by atomic mass is 35.5. The molecule has 0 bridgehead atoms. The second-order valence-corrected chi connectivity index (χ2v) is 3.78. The summed E-state index contributed by atoms with van der Waals surface area (Å²) in [7, 11) is 3.17. The molecule has 0 saturated heterocycles. The van der Waals surface area contributed by atoms with E-state index in [1.807, 2.05) is 6.07 Å². The molecule has 5 heteroatoms. The number of ether oxygens (including phenoxy) is 1. The summed E-state index contributed by atoms with van der Waals surface area (Å²) in [6.07, 6.45) is 0. The molecule has 1 rings (SSSR count). The van der Waals surface area contributed by atoms with E-state index in [2.05, 4.69) is 0 Å². The number of halogens is 1. The molecule has 0 saturated carbocycles. The molecule has 0 unspecified atom stereocenters. The van der Waals surface area contributed by atoms with E-state index in [0.29, 0.717) is 17.3 Å². The van der Waals surface area contributed by atoms with E-state index in [0.717, 1.165) is 5.56 Å².